The van der Waals surface area contributed by atoms with Crippen molar-refractivity contribution in [1.82, 2.24) is 5.32 Å². The van der Waals surface area contributed by atoms with Gasteiger partial charge in [0.25, 0.3) is 0 Å². The van der Waals surface area contributed by atoms with Gasteiger partial charge in [0, 0.05) is 18.4 Å². The van der Waals surface area contributed by atoms with Gasteiger partial charge < -0.3 is 15.2 Å². The number of nitrogens with one attached hydrogen (secondary N) is 1. The molecule has 2 aromatic carbocycles. The highest BCUT2D eigenvalue weighted by Gasteiger charge is 2.22. The van der Waals surface area contributed by atoms with Crippen molar-refractivity contribution in [2.75, 3.05) is 7.11 Å². The Hall–Kier alpha value is -3.15. The van der Waals surface area contributed by atoms with E-state index in [9.17, 15) is 19.5 Å². The lowest BCUT2D eigenvalue weighted by Gasteiger charge is -2.15. The number of aliphatic carboxylic acids is 1. The third-order valence-corrected chi connectivity index (χ3v) is 5.00. The lowest BCUT2D eigenvalue weighted by Crippen LogP contribution is -2.33. The van der Waals surface area contributed by atoms with Crippen molar-refractivity contribution in [1.29, 1.82) is 0 Å². The molecule has 2 aromatic rings. The number of methoxy groups -OCH3 is 1. The van der Waals surface area contributed by atoms with E-state index < -0.39 is 17.9 Å². The molecule has 6 heteroatoms. The molecular formula is C22H23NO5. The van der Waals surface area contributed by atoms with Crippen LogP contribution in [0.4, 0.5) is 0 Å². The van der Waals surface area contributed by atoms with Gasteiger partial charge in [0.05, 0.1) is 7.11 Å². The van der Waals surface area contributed by atoms with Crippen molar-refractivity contribution < 1.29 is 24.2 Å². The fourth-order valence-corrected chi connectivity index (χ4v) is 3.43. The second kappa shape index (κ2) is 8.69. The van der Waals surface area contributed by atoms with E-state index in [-0.39, 0.29) is 18.6 Å². The lowest BCUT2D eigenvalue weighted by molar-refractivity contribution is -0.142. The monoisotopic (exact) mass is 381 g/mol. The van der Waals surface area contributed by atoms with Gasteiger partial charge in [0.15, 0.2) is 11.8 Å². The number of ketones is 1. The van der Waals surface area contributed by atoms with E-state index in [1.165, 1.54) is 18.2 Å². The van der Waals surface area contributed by atoms with Gasteiger partial charge in [-0.25, -0.2) is 4.79 Å². The SMILES string of the molecule is COc1ccc(C(NC(=O)CCC(=O)c2ccc3c(c2)CCC3)C(=O)O)cc1. The molecule has 0 aliphatic heterocycles. The topological polar surface area (TPSA) is 92.7 Å². The van der Waals surface area contributed by atoms with Crippen LogP contribution in [0.15, 0.2) is 42.5 Å². The number of carboxylic acid groups (broad SMARTS) is 1. The third-order valence-electron chi connectivity index (χ3n) is 5.00. The van der Waals surface area contributed by atoms with E-state index >= 15 is 0 Å². The summed E-state index contributed by atoms with van der Waals surface area (Å²) in [5.74, 6) is -1.15. The zero-order valence-corrected chi connectivity index (χ0v) is 15.7. The summed E-state index contributed by atoms with van der Waals surface area (Å²) in [7, 11) is 1.52. The summed E-state index contributed by atoms with van der Waals surface area (Å²) < 4.78 is 5.05. The number of Topliss-reactive ketones (excluding diaryl/α,β-unsaturated/α-hetero) is 1. The van der Waals surface area contributed by atoms with Crippen LogP contribution in [0.3, 0.4) is 0 Å². The molecule has 0 saturated heterocycles. The Balaban J connectivity index is 1.58. The van der Waals surface area contributed by atoms with Gasteiger partial charge >= 0.3 is 5.97 Å². The molecule has 0 radical (unpaired) electrons. The predicted octanol–water partition coefficient (Wildman–Crippen LogP) is 3.09. The van der Waals surface area contributed by atoms with Crippen molar-refractivity contribution in [2.45, 2.75) is 38.1 Å². The number of hydrogen-bond acceptors (Lipinski definition) is 4. The Kier molecular flexibility index (Phi) is 6.09. The highest BCUT2D eigenvalue weighted by molar-refractivity contribution is 5.98. The fraction of sp³-hybridized carbons (Fsp3) is 0.318. The minimum absolute atomic E-state index is 0.0412. The summed E-state index contributed by atoms with van der Waals surface area (Å²) in [6, 6.07) is 11.0. The molecule has 3 rings (SSSR count). The summed E-state index contributed by atoms with van der Waals surface area (Å²) >= 11 is 0. The molecule has 1 aliphatic carbocycles. The quantitative estimate of drug-likeness (QED) is 0.686. The highest BCUT2D eigenvalue weighted by Crippen LogP contribution is 2.23. The Bertz CT molecular complexity index is 888. The zero-order chi connectivity index (χ0) is 20.1. The van der Waals surface area contributed by atoms with Crippen LogP contribution >= 0.6 is 0 Å². The molecule has 1 unspecified atom stereocenters. The second-order valence-corrected chi connectivity index (χ2v) is 6.87. The molecule has 6 nitrogen and oxygen atoms in total. The van der Waals surface area contributed by atoms with Crippen LogP contribution in [0, 0.1) is 0 Å². The number of carboxylic acids is 1. The van der Waals surface area contributed by atoms with Gasteiger partial charge in [-0.15, -0.1) is 0 Å². The molecule has 1 atom stereocenters. The molecule has 1 aliphatic rings. The van der Waals surface area contributed by atoms with Crippen LogP contribution in [0.5, 0.6) is 5.75 Å². The maximum Gasteiger partial charge on any atom is 0.330 e. The Labute approximate surface area is 163 Å². The number of aryl methyl sites for hydroxylation is 2. The average Bonchev–Trinajstić information content (AvgIpc) is 3.18. The normalized spacial score (nSPS) is 13.5. The van der Waals surface area contributed by atoms with E-state index in [0.29, 0.717) is 16.9 Å². The first-order valence-corrected chi connectivity index (χ1v) is 9.29. The standard InChI is InChI=1S/C22H23NO5/c1-28-18-9-7-15(8-10-18)21(22(26)27)23-20(25)12-11-19(24)17-6-5-14-3-2-4-16(14)13-17/h5-10,13,21H,2-4,11-12H2,1H3,(H,23,25)(H,26,27). The van der Waals surface area contributed by atoms with Crippen LogP contribution in [0.25, 0.3) is 0 Å². The maximum absolute atomic E-state index is 12.4. The Morgan fingerprint density at radius 3 is 2.43 bits per heavy atom. The van der Waals surface area contributed by atoms with Crippen molar-refractivity contribution in [3.05, 3.63) is 64.7 Å². The molecule has 0 spiro atoms. The van der Waals surface area contributed by atoms with E-state index in [4.69, 9.17) is 4.74 Å². The number of ether oxygens (including phenoxy) is 1. The molecule has 2 N–H and O–H groups in total. The predicted molar refractivity (Wildman–Crippen MR) is 104 cm³/mol. The van der Waals surface area contributed by atoms with Crippen molar-refractivity contribution in [3.63, 3.8) is 0 Å². The number of amides is 1. The molecule has 1 amide bonds. The molecule has 146 valence electrons. The summed E-state index contributed by atoms with van der Waals surface area (Å²) in [6.45, 7) is 0. The van der Waals surface area contributed by atoms with Crippen LogP contribution in [0.1, 0.15) is 52.4 Å². The first-order valence-electron chi connectivity index (χ1n) is 9.29. The number of carbonyl (C=O) groups is 3. The lowest BCUT2D eigenvalue weighted by atomic mass is 10.0. The summed E-state index contributed by atoms with van der Waals surface area (Å²) in [5.41, 5.74) is 3.55. The number of fused-ring (bicyclic) bond motifs is 1. The Morgan fingerprint density at radius 2 is 1.75 bits per heavy atom. The van der Waals surface area contributed by atoms with E-state index in [1.54, 1.807) is 24.3 Å². The molecule has 0 bridgehead atoms. The van der Waals surface area contributed by atoms with Gasteiger partial charge in [-0.2, -0.15) is 0 Å². The van der Waals surface area contributed by atoms with E-state index in [2.05, 4.69) is 5.32 Å². The average molecular weight is 381 g/mol. The fourth-order valence-electron chi connectivity index (χ4n) is 3.43. The van der Waals surface area contributed by atoms with Crippen LogP contribution < -0.4 is 10.1 Å². The largest absolute Gasteiger partial charge is 0.497 e. The molecule has 0 heterocycles. The van der Waals surface area contributed by atoms with Gasteiger partial charge in [-0.3, -0.25) is 9.59 Å². The summed E-state index contributed by atoms with van der Waals surface area (Å²) in [4.78, 5) is 36.2. The smallest absolute Gasteiger partial charge is 0.330 e. The maximum atomic E-state index is 12.4. The molecule has 0 fully saturated rings. The van der Waals surface area contributed by atoms with E-state index in [1.807, 2.05) is 18.2 Å². The third kappa shape index (κ3) is 4.57. The Morgan fingerprint density at radius 1 is 1.04 bits per heavy atom. The minimum atomic E-state index is -1.17. The molecular weight excluding hydrogens is 358 g/mol. The first-order chi connectivity index (χ1) is 13.5. The summed E-state index contributed by atoms with van der Waals surface area (Å²) in [6.07, 6.45) is 3.12. The number of carbonyl (C=O) groups excluding carboxylic acids is 2. The zero-order valence-electron chi connectivity index (χ0n) is 15.7. The molecule has 0 saturated carbocycles. The van der Waals surface area contributed by atoms with Gasteiger partial charge in [0.1, 0.15) is 5.75 Å². The van der Waals surface area contributed by atoms with E-state index in [0.717, 1.165) is 19.3 Å². The van der Waals surface area contributed by atoms with Crippen LogP contribution in [0.2, 0.25) is 0 Å². The number of rotatable bonds is 8. The summed E-state index contributed by atoms with van der Waals surface area (Å²) in [5, 5.41) is 11.9. The van der Waals surface area contributed by atoms with Crippen LogP contribution in [-0.4, -0.2) is 29.9 Å². The van der Waals surface area contributed by atoms with Crippen molar-refractivity contribution in [3.8, 4) is 5.75 Å². The van der Waals surface area contributed by atoms with Crippen molar-refractivity contribution in [2.24, 2.45) is 0 Å². The van der Waals surface area contributed by atoms with Crippen molar-refractivity contribution >= 4 is 17.7 Å². The molecule has 0 aromatic heterocycles. The first kappa shape index (κ1) is 19.6. The number of hydrogen-bond donors (Lipinski definition) is 2. The minimum Gasteiger partial charge on any atom is -0.497 e. The number of benzene rings is 2. The highest BCUT2D eigenvalue weighted by atomic mass is 16.5. The van der Waals surface area contributed by atoms with Gasteiger partial charge in [-0.1, -0.05) is 24.3 Å². The second-order valence-electron chi connectivity index (χ2n) is 6.87. The van der Waals surface area contributed by atoms with Gasteiger partial charge in [0.2, 0.25) is 5.91 Å². The molecule has 28 heavy (non-hydrogen) atoms. The van der Waals surface area contributed by atoms with Gasteiger partial charge in [-0.05, 0) is 54.2 Å². The van der Waals surface area contributed by atoms with Crippen LogP contribution in [-0.2, 0) is 22.4 Å².